The Labute approximate surface area is 371 Å². The first kappa shape index (κ1) is 35.7. The smallest absolute Gasteiger partial charge is 0.248 e. The van der Waals surface area contributed by atoms with Gasteiger partial charge in [-0.15, -0.1) is 0 Å². The minimum atomic E-state index is -1.95. The molecule has 4 aliphatic heterocycles. The van der Waals surface area contributed by atoms with Gasteiger partial charge in [-0.05, 0) is 162 Å². The van der Waals surface area contributed by atoms with Crippen molar-refractivity contribution in [3.8, 4) is 22.3 Å². The topological polar surface area (TPSA) is 6.48 Å². The Balaban J connectivity index is 1.16. The van der Waals surface area contributed by atoms with Crippen molar-refractivity contribution in [3.05, 3.63) is 174 Å². The van der Waals surface area contributed by atoms with Crippen molar-refractivity contribution in [1.29, 1.82) is 0 Å². The fraction of sp³-hybridized carbons (Fsp3) is 0.103. The molecule has 0 unspecified atom stereocenters. The summed E-state index contributed by atoms with van der Waals surface area (Å²) >= 11 is 0. The minimum Gasteiger partial charge on any atom is -0.311 e. The number of nitrogens with zero attached hydrogens (tertiary/aromatic N) is 2. The van der Waals surface area contributed by atoms with Gasteiger partial charge in [-0.25, -0.2) is 0 Å². The van der Waals surface area contributed by atoms with Crippen LogP contribution in [0.15, 0.2) is 158 Å². The predicted octanol–water partition coefficient (Wildman–Crippen LogP) is 10.6. The zero-order chi connectivity index (χ0) is 42.2. The lowest BCUT2D eigenvalue weighted by Gasteiger charge is -2.42. The quantitative estimate of drug-likeness (QED) is 0.129. The van der Waals surface area contributed by atoms with Crippen molar-refractivity contribution in [2.24, 2.45) is 0 Å². The fourth-order valence-electron chi connectivity index (χ4n) is 12.7. The Morgan fingerprint density at radius 1 is 0.381 bits per heavy atom. The molecule has 63 heavy (non-hydrogen) atoms. The summed E-state index contributed by atoms with van der Waals surface area (Å²) in [5, 5.41) is 10.2. The third-order valence-corrected chi connectivity index (χ3v) is 17.1. The second-order valence-corrected chi connectivity index (χ2v) is 24.8. The molecule has 0 fully saturated rings. The van der Waals surface area contributed by atoms with Gasteiger partial charge in [0.15, 0.2) is 0 Å². The second-order valence-electron chi connectivity index (χ2n) is 19.8. The average Bonchev–Trinajstić information content (AvgIpc) is 3.28. The van der Waals surface area contributed by atoms with Crippen molar-refractivity contribution < 1.29 is 0 Å². The van der Waals surface area contributed by atoms with Crippen molar-refractivity contribution in [2.75, 3.05) is 9.80 Å². The summed E-state index contributed by atoms with van der Waals surface area (Å²) in [6, 6.07) is 60.9. The van der Waals surface area contributed by atoms with Crippen LogP contribution in [0.4, 0.5) is 34.1 Å². The number of hydrogen-bond donors (Lipinski definition) is 0. The number of hydrogen-bond acceptors (Lipinski definition) is 2. The summed E-state index contributed by atoms with van der Waals surface area (Å²) in [7, 11) is -1.95. The second kappa shape index (κ2) is 12.2. The lowest BCUT2D eigenvalue weighted by Crippen LogP contribution is -2.60. The van der Waals surface area contributed by atoms with Crippen LogP contribution < -0.4 is 47.8 Å². The Bertz CT molecular complexity index is 3660. The van der Waals surface area contributed by atoms with Crippen LogP contribution in [0, 0.1) is 20.8 Å². The van der Waals surface area contributed by atoms with Crippen LogP contribution in [0.3, 0.4) is 0 Å². The molecule has 2 nitrogen and oxygen atoms in total. The molecule has 0 radical (unpaired) electrons. The maximum Gasteiger partial charge on any atom is 0.248 e. The lowest BCUT2D eigenvalue weighted by molar-refractivity contribution is 1.28. The van der Waals surface area contributed by atoms with Gasteiger partial charge in [0.05, 0.1) is 8.07 Å². The number of benzene rings is 10. The Morgan fingerprint density at radius 2 is 0.825 bits per heavy atom. The van der Waals surface area contributed by atoms with E-state index in [4.69, 9.17) is 0 Å². The molecule has 0 aromatic heterocycles. The van der Waals surface area contributed by atoms with E-state index in [-0.39, 0.29) is 13.4 Å². The number of anilines is 6. The molecule has 0 bridgehead atoms. The number of fused-ring (bicyclic) bond motifs is 8. The van der Waals surface area contributed by atoms with Gasteiger partial charge in [-0.3, -0.25) is 0 Å². The largest absolute Gasteiger partial charge is 0.311 e. The molecule has 0 amide bonds. The highest BCUT2D eigenvalue weighted by molar-refractivity contribution is 7.03. The Kier molecular flexibility index (Phi) is 6.93. The zero-order valence-electron chi connectivity index (χ0n) is 36.6. The van der Waals surface area contributed by atoms with Crippen LogP contribution in [-0.2, 0) is 0 Å². The van der Waals surface area contributed by atoms with Gasteiger partial charge >= 0.3 is 0 Å². The van der Waals surface area contributed by atoms with E-state index in [9.17, 15) is 0 Å². The van der Waals surface area contributed by atoms with Crippen molar-refractivity contribution in [1.82, 2.24) is 0 Å². The summed E-state index contributed by atoms with van der Waals surface area (Å²) in [6.07, 6.45) is 0. The summed E-state index contributed by atoms with van der Waals surface area (Å²) < 4.78 is 0. The molecule has 0 atom stereocenters. The summed E-state index contributed by atoms with van der Waals surface area (Å²) in [5.41, 5.74) is 25.6. The number of aryl methyl sites for hydroxylation is 3. The van der Waals surface area contributed by atoms with E-state index < -0.39 is 8.07 Å². The Hall–Kier alpha value is -6.81. The molecule has 14 rings (SSSR count). The molecule has 0 spiro atoms. The first-order valence-electron chi connectivity index (χ1n) is 22.7. The molecule has 10 aromatic carbocycles. The first-order chi connectivity index (χ1) is 30.7. The molecule has 0 N–H and O–H groups in total. The lowest BCUT2D eigenvalue weighted by atomic mass is 9.31. The van der Waals surface area contributed by atoms with Gasteiger partial charge < -0.3 is 9.80 Å². The fourth-order valence-corrected chi connectivity index (χ4v) is 14.3. The molecule has 10 aromatic rings. The number of rotatable bonds is 3. The Morgan fingerprint density at radius 3 is 1.33 bits per heavy atom. The van der Waals surface area contributed by atoms with E-state index in [1.807, 2.05) is 0 Å². The maximum absolute atomic E-state index is 2.70. The first-order valence-corrected chi connectivity index (χ1v) is 26.2. The third kappa shape index (κ3) is 4.55. The molecule has 4 aliphatic rings. The highest BCUT2D eigenvalue weighted by Crippen LogP contribution is 2.49. The summed E-state index contributed by atoms with van der Waals surface area (Å²) in [6.45, 7) is 14.9. The molecule has 0 aliphatic carbocycles. The van der Waals surface area contributed by atoms with Crippen LogP contribution in [0.25, 0.3) is 54.6 Å². The molecule has 296 valence electrons. The highest BCUT2D eigenvalue weighted by Gasteiger charge is 2.45. The maximum atomic E-state index is 2.70. The zero-order valence-corrected chi connectivity index (χ0v) is 37.6. The molecule has 5 heteroatoms. The van der Waals surface area contributed by atoms with E-state index in [0.717, 1.165) is 0 Å². The molecule has 0 saturated heterocycles. The van der Waals surface area contributed by atoms with Crippen molar-refractivity contribution in [3.63, 3.8) is 0 Å². The molecule has 4 heterocycles. The normalized spacial score (nSPS) is 14.1. The minimum absolute atomic E-state index is 0.107. The van der Waals surface area contributed by atoms with Crippen LogP contribution in [-0.4, -0.2) is 21.5 Å². The monoisotopic (exact) mass is 818 g/mol. The molecule has 0 saturated carbocycles. The van der Waals surface area contributed by atoms with E-state index in [1.54, 1.807) is 5.19 Å². The molecular weight excluding hydrogens is 774 g/mol. The van der Waals surface area contributed by atoms with Gasteiger partial charge in [-0.1, -0.05) is 145 Å². The van der Waals surface area contributed by atoms with Gasteiger partial charge in [0.25, 0.3) is 0 Å². The van der Waals surface area contributed by atoms with Crippen LogP contribution in [0.2, 0.25) is 19.6 Å². The van der Waals surface area contributed by atoms with Crippen LogP contribution >= 0.6 is 0 Å². The number of para-hydroxylation sites is 4. The van der Waals surface area contributed by atoms with E-state index >= 15 is 0 Å². The summed E-state index contributed by atoms with van der Waals surface area (Å²) in [4.78, 5) is 5.06. The van der Waals surface area contributed by atoms with Crippen molar-refractivity contribution >= 4 is 126 Å². The van der Waals surface area contributed by atoms with Gasteiger partial charge in [0.1, 0.15) is 0 Å². The van der Waals surface area contributed by atoms with Crippen LogP contribution in [0.1, 0.15) is 16.7 Å². The van der Waals surface area contributed by atoms with Gasteiger partial charge in [0.2, 0.25) is 13.4 Å². The average molecular weight is 819 g/mol. The van der Waals surface area contributed by atoms with E-state index in [0.29, 0.717) is 0 Å². The third-order valence-electron chi connectivity index (χ3n) is 15.0. The highest BCUT2D eigenvalue weighted by atomic mass is 28.3. The van der Waals surface area contributed by atoms with Crippen LogP contribution in [0.5, 0.6) is 0 Å². The van der Waals surface area contributed by atoms with Crippen molar-refractivity contribution in [2.45, 2.75) is 40.4 Å². The SMILES string of the molecule is Cc1cc2c3c(c1)N(c1ccccc1)c1ccccc1B3c1cc3c([Si](C)(C)C)cc4c5c(cc6c(C)cc-2c1c6c35)B1c2ccccc2N(c2ccccc2)c2cc(C)cc-4c21. The van der Waals surface area contributed by atoms with E-state index in [1.165, 1.54) is 138 Å². The van der Waals surface area contributed by atoms with Gasteiger partial charge in [0, 0.05) is 34.1 Å². The molecular formula is C58H44B2N2Si. The standard InChI is InChI=1S/C58H44B2N2Si/c1-33-25-41-39-29-35(3)38-30-46-54-40(42-26-34(2)28-51-58(42)59(46)44-21-13-15-23-48(44)62(51)37-19-11-8-12-20-37)32-52(63(4,5)6)43-31-47(53(39)55(38)56(43)54)60-45-22-14-16-24-49(45)61(50(27-33)57(41)60)36-17-9-7-10-18-36/h7-32H,1-6H3. The van der Waals surface area contributed by atoms with Gasteiger partial charge in [-0.2, -0.15) is 0 Å². The summed E-state index contributed by atoms with van der Waals surface area (Å²) in [5.74, 6) is 0. The predicted molar refractivity (Wildman–Crippen MR) is 277 cm³/mol. The van der Waals surface area contributed by atoms with E-state index in [2.05, 4.69) is 208 Å².